The van der Waals surface area contributed by atoms with Gasteiger partial charge in [0.15, 0.2) is 0 Å². The summed E-state index contributed by atoms with van der Waals surface area (Å²) in [6, 6.07) is 0.671. The third kappa shape index (κ3) is 2.55. The molecule has 0 aromatic heterocycles. The molecule has 1 aliphatic rings. The van der Waals surface area contributed by atoms with Crippen LogP contribution in [0.2, 0.25) is 0 Å². The minimum Gasteiger partial charge on any atom is -0.303 e. The third-order valence-electron chi connectivity index (χ3n) is 2.55. The summed E-state index contributed by atoms with van der Waals surface area (Å²) in [5.41, 5.74) is 0. The molecule has 0 spiro atoms. The summed E-state index contributed by atoms with van der Waals surface area (Å²) in [6.45, 7) is 5.00. The summed E-state index contributed by atoms with van der Waals surface area (Å²) in [4.78, 5) is 0. The zero-order chi connectivity index (χ0) is 8.10. The molecule has 1 nitrogen and oxygen atoms in total. The van der Waals surface area contributed by atoms with Crippen molar-refractivity contribution in [2.45, 2.75) is 39.2 Å². The van der Waals surface area contributed by atoms with E-state index in [0.29, 0.717) is 6.04 Å². The fourth-order valence-electron chi connectivity index (χ4n) is 1.41. The van der Waals surface area contributed by atoms with Gasteiger partial charge in [-0.05, 0) is 32.6 Å². The van der Waals surface area contributed by atoms with E-state index in [1.807, 2.05) is 6.92 Å². The second-order valence-electron chi connectivity index (χ2n) is 3.29. The van der Waals surface area contributed by atoms with Crippen LogP contribution in [0, 0.1) is 17.8 Å². The summed E-state index contributed by atoms with van der Waals surface area (Å²) in [6.07, 6.45) is 4.25. The molecule has 0 amide bonds. The zero-order valence-corrected chi connectivity index (χ0v) is 7.48. The Morgan fingerprint density at radius 3 is 2.73 bits per heavy atom. The van der Waals surface area contributed by atoms with Gasteiger partial charge >= 0.3 is 0 Å². The van der Waals surface area contributed by atoms with Crippen LogP contribution in [-0.4, -0.2) is 12.6 Å². The molecule has 1 unspecified atom stereocenters. The highest BCUT2D eigenvalue weighted by atomic mass is 14.9. The SMILES string of the molecule is CC#CCNC(C)C1CCC1. The Morgan fingerprint density at radius 1 is 1.55 bits per heavy atom. The first-order valence-electron chi connectivity index (χ1n) is 4.47. The highest BCUT2D eigenvalue weighted by Crippen LogP contribution is 2.29. The normalized spacial score (nSPS) is 19.8. The van der Waals surface area contributed by atoms with Crippen molar-refractivity contribution in [3.05, 3.63) is 0 Å². The van der Waals surface area contributed by atoms with Crippen molar-refractivity contribution in [3.63, 3.8) is 0 Å². The fourth-order valence-corrected chi connectivity index (χ4v) is 1.41. The first-order valence-corrected chi connectivity index (χ1v) is 4.47. The van der Waals surface area contributed by atoms with E-state index in [2.05, 4.69) is 24.1 Å². The van der Waals surface area contributed by atoms with Gasteiger partial charge in [0.1, 0.15) is 0 Å². The molecule has 0 aromatic carbocycles. The Hall–Kier alpha value is -0.480. The standard InChI is InChI=1S/C10H17N/c1-3-4-8-11-9(2)10-6-5-7-10/h9-11H,5-8H2,1-2H3. The second-order valence-corrected chi connectivity index (χ2v) is 3.29. The van der Waals surface area contributed by atoms with E-state index in [-0.39, 0.29) is 0 Å². The molecular formula is C10H17N. The van der Waals surface area contributed by atoms with E-state index in [4.69, 9.17) is 0 Å². The van der Waals surface area contributed by atoms with Crippen molar-refractivity contribution in [3.8, 4) is 11.8 Å². The van der Waals surface area contributed by atoms with Gasteiger partial charge in [0.05, 0.1) is 6.54 Å². The molecule has 1 fully saturated rings. The van der Waals surface area contributed by atoms with Crippen LogP contribution in [0.25, 0.3) is 0 Å². The molecule has 1 N–H and O–H groups in total. The molecule has 1 aliphatic carbocycles. The van der Waals surface area contributed by atoms with E-state index in [1.165, 1.54) is 19.3 Å². The zero-order valence-electron chi connectivity index (χ0n) is 7.48. The third-order valence-corrected chi connectivity index (χ3v) is 2.55. The van der Waals surface area contributed by atoms with E-state index >= 15 is 0 Å². The summed E-state index contributed by atoms with van der Waals surface area (Å²) < 4.78 is 0. The Balaban J connectivity index is 2.08. The maximum atomic E-state index is 3.41. The van der Waals surface area contributed by atoms with Crippen LogP contribution in [0.1, 0.15) is 33.1 Å². The lowest BCUT2D eigenvalue weighted by Gasteiger charge is -2.31. The molecule has 0 radical (unpaired) electrons. The monoisotopic (exact) mass is 151 g/mol. The summed E-state index contributed by atoms with van der Waals surface area (Å²) in [5, 5.41) is 3.41. The van der Waals surface area contributed by atoms with Crippen molar-refractivity contribution in [1.82, 2.24) is 5.32 Å². The quantitative estimate of drug-likeness (QED) is 0.606. The average Bonchev–Trinajstić information content (AvgIpc) is 1.84. The van der Waals surface area contributed by atoms with Crippen LogP contribution < -0.4 is 5.32 Å². The number of nitrogens with one attached hydrogen (secondary N) is 1. The van der Waals surface area contributed by atoms with Gasteiger partial charge in [-0.2, -0.15) is 0 Å². The van der Waals surface area contributed by atoms with E-state index in [1.54, 1.807) is 0 Å². The molecule has 0 aromatic rings. The van der Waals surface area contributed by atoms with Crippen LogP contribution in [0.15, 0.2) is 0 Å². The number of hydrogen-bond acceptors (Lipinski definition) is 1. The largest absolute Gasteiger partial charge is 0.303 e. The molecule has 0 heterocycles. The van der Waals surface area contributed by atoms with Gasteiger partial charge in [0.2, 0.25) is 0 Å². The van der Waals surface area contributed by atoms with Crippen molar-refractivity contribution in [2.24, 2.45) is 5.92 Å². The molecular weight excluding hydrogens is 134 g/mol. The minimum absolute atomic E-state index is 0.671. The highest BCUT2D eigenvalue weighted by molar-refractivity contribution is 4.98. The van der Waals surface area contributed by atoms with Crippen molar-refractivity contribution >= 4 is 0 Å². The summed E-state index contributed by atoms with van der Waals surface area (Å²) in [5.74, 6) is 6.83. The van der Waals surface area contributed by atoms with Crippen molar-refractivity contribution in [2.75, 3.05) is 6.54 Å². The van der Waals surface area contributed by atoms with Gasteiger partial charge in [0, 0.05) is 6.04 Å². The van der Waals surface area contributed by atoms with Gasteiger partial charge in [0.25, 0.3) is 0 Å². The van der Waals surface area contributed by atoms with Gasteiger partial charge < -0.3 is 5.32 Å². The summed E-state index contributed by atoms with van der Waals surface area (Å²) >= 11 is 0. The maximum Gasteiger partial charge on any atom is 0.0578 e. The molecule has 1 heteroatoms. The highest BCUT2D eigenvalue weighted by Gasteiger charge is 2.22. The van der Waals surface area contributed by atoms with Gasteiger partial charge in [-0.15, -0.1) is 5.92 Å². The number of hydrogen-bond donors (Lipinski definition) is 1. The molecule has 1 rings (SSSR count). The molecule has 62 valence electrons. The van der Waals surface area contributed by atoms with Crippen LogP contribution in [0.4, 0.5) is 0 Å². The Labute approximate surface area is 69.6 Å². The predicted molar refractivity (Wildman–Crippen MR) is 48.3 cm³/mol. The van der Waals surface area contributed by atoms with Crippen molar-refractivity contribution in [1.29, 1.82) is 0 Å². The van der Waals surface area contributed by atoms with Gasteiger partial charge in [-0.3, -0.25) is 0 Å². The fraction of sp³-hybridized carbons (Fsp3) is 0.800. The Morgan fingerprint density at radius 2 is 2.27 bits per heavy atom. The average molecular weight is 151 g/mol. The molecule has 1 atom stereocenters. The van der Waals surface area contributed by atoms with E-state index in [0.717, 1.165) is 12.5 Å². The molecule has 0 bridgehead atoms. The maximum absolute atomic E-state index is 3.41. The van der Waals surface area contributed by atoms with Crippen LogP contribution in [0.3, 0.4) is 0 Å². The predicted octanol–water partition coefficient (Wildman–Crippen LogP) is 1.79. The molecule has 11 heavy (non-hydrogen) atoms. The van der Waals surface area contributed by atoms with Crippen LogP contribution in [-0.2, 0) is 0 Å². The smallest absolute Gasteiger partial charge is 0.0578 e. The second kappa shape index (κ2) is 4.41. The summed E-state index contributed by atoms with van der Waals surface area (Å²) in [7, 11) is 0. The molecule has 0 aliphatic heterocycles. The lowest BCUT2D eigenvalue weighted by Crippen LogP contribution is -2.37. The number of rotatable bonds is 3. The van der Waals surface area contributed by atoms with Gasteiger partial charge in [-0.25, -0.2) is 0 Å². The topological polar surface area (TPSA) is 12.0 Å². The lowest BCUT2D eigenvalue weighted by atomic mass is 9.80. The molecule has 1 saturated carbocycles. The Kier molecular flexibility index (Phi) is 3.45. The molecule has 0 saturated heterocycles. The van der Waals surface area contributed by atoms with E-state index < -0.39 is 0 Å². The van der Waals surface area contributed by atoms with Crippen LogP contribution >= 0.6 is 0 Å². The van der Waals surface area contributed by atoms with E-state index in [9.17, 15) is 0 Å². The first kappa shape index (κ1) is 8.62. The Bertz CT molecular complexity index is 159. The lowest BCUT2D eigenvalue weighted by molar-refractivity contribution is 0.246. The van der Waals surface area contributed by atoms with Crippen molar-refractivity contribution < 1.29 is 0 Å². The minimum atomic E-state index is 0.671. The first-order chi connectivity index (χ1) is 5.34. The van der Waals surface area contributed by atoms with Crippen LogP contribution in [0.5, 0.6) is 0 Å². The van der Waals surface area contributed by atoms with Gasteiger partial charge in [-0.1, -0.05) is 12.3 Å².